The first-order chi connectivity index (χ1) is 7.36. The van der Waals surface area contributed by atoms with E-state index in [2.05, 4.69) is 16.4 Å². The number of hydrogen-bond donors (Lipinski definition) is 1. The predicted octanol–water partition coefficient (Wildman–Crippen LogP) is 2.13. The molecule has 0 fully saturated rings. The highest BCUT2D eigenvalue weighted by Crippen LogP contribution is 2.07. The smallest absolute Gasteiger partial charge is 0.255 e. The Labute approximate surface area is 87.8 Å². The van der Waals surface area contributed by atoms with Crippen LogP contribution in [0.15, 0.2) is 48.8 Å². The molecule has 0 aliphatic carbocycles. The van der Waals surface area contributed by atoms with Gasteiger partial charge in [-0.2, -0.15) is 0 Å². The molecule has 0 unspecified atom stereocenters. The van der Waals surface area contributed by atoms with Crippen molar-refractivity contribution in [3.63, 3.8) is 0 Å². The Morgan fingerprint density at radius 2 is 1.80 bits per heavy atom. The van der Waals surface area contributed by atoms with Crippen LogP contribution in [0.2, 0.25) is 0 Å². The summed E-state index contributed by atoms with van der Waals surface area (Å²) in [6.45, 7) is 0. The number of carbonyl (C=O) groups is 1. The summed E-state index contributed by atoms with van der Waals surface area (Å²) in [4.78, 5) is 15.5. The molecule has 2 aromatic rings. The molecule has 73 valence electrons. The molecule has 1 heterocycles. The van der Waals surface area contributed by atoms with Gasteiger partial charge in [0.1, 0.15) is 0 Å². The molecule has 0 bridgehead atoms. The molecule has 0 spiro atoms. The van der Waals surface area contributed by atoms with Crippen LogP contribution < -0.4 is 5.32 Å². The van der Waals surface area contributed by atoms with E-state index in [0.717, 1.165) is 5.69 Å². The molecule has 2 rings (SSSR count). The van der Waals surface area contributed by atoms with Gasteiger partial charge in [-0.05, 0) is 30.3 Å². The second-order valence-corrected chi connectivity index (χ2v) is 2.98. The maximum Gasteiger partial charge on any atom is 0.255 e. The Bertz CT molecular complexity index is 440. The van der Waals surface area contributed by atoms with Crippen molar-refractivity contribution < 1.29 is 4.79 Å². The van der Waals surface area contributed by atoms with Crippen LogP contribution in [0.4, 0.5) is 5.69 Å². The van der Waals surface area contributed by atoms with E-state index in [1.807, 2.05) is 0 Å². The van der Waals surface area contributed by atoms with Crippen LogP contribution in [0.1, 0.15) is 10.4 Å². The summed E-state index contributed by atoms with van der Waals surface area (Å²) in [5.41, 5.74) is 1.35. The second-order valence-electron chi connectivity index (χ2n) is 2.98. The van der Waals surface area contributed by atoms with Crippen LogP contribution in [0.25, 0.3) is 0 Å². The number of nitrogens with zero attached hydrogens (tertiary/aromatic N) is 1. The molecule has 15 heavy (non-hydrogen) atoms. The van der Waals surface area contributed by atoms with Crippen LogP contribution in [0.3, 0.4) is 0 Å². The average Bonchev–Trinajstić information content (AvgIpc) is 2.31. The van der Waals surface area contributed by atoms with Crippen molar-refractivity contribution in [1.29, 1.82) is 0 Å². The van der Waals surface area contributed by atoms with Crippen molar-refractivity contribution in [1.82, 2.24) is 4.98 Å². The quantitative estimate of drug-likeness (QED) is 0.801. The third-order valence-electron chi connectivity index (χ3n) is 1.92. The van der Waals surface area contributed by atoms with Gasteiger partial charge < -0.3 is 5.32 Å². The molecule has 0 aliphatic rings. The predicted molar refractivity (Wildman–Crippen MR) is 57.5 cm³/mol. The number of nitrogens with one attached hydrogen (secondary N) is 1. The van der Waals surface area contributed by atoms with Gasteiger partial charge in [-0.1, -0.05) is 12.1 Å². The highest BCUT2D eigenvalue weighted by molar-refractivity contribution is 6.04. The fraction of sp³-hybridized carbons (Fsp3) is 0. The summed E-state index contributed by atoms with van der Waals surface area (Å²) in [5.74, 6) is -0.136. The maximum atomic E-state index is 11.7. The van der Waals surface area contributed by atoms with Gasteiger partial charge in [-0.15, -0.1) is 0 Å². The summed E-state index contributed by atoms with van der Waals surface area (Å²) in [6, 6.07) is 13.3. The standard InChI is InChI=1S/C12H9N2O/c15-12(10-6-8-13-9-7-10)14-11-4-2-1-3-5-11/h2-9H,(H,14,15). The Hall–Kier alpha value is -2.16. The SMILES string of the molecule is O=C(Nc1cc[c]cc1)c1ccncc1. The number of rotatable bonds is 2. The van der Waals surface area contributed by atoms with Crippen LogP contribution in [-0.4, -0.2) is 10.9 Å². The molecular weight excluding hydrogens is 188 g/mol. The molecule has 3 nitrogen and oxygen atoms in total. The molecule has 1 amide bonds. The molecule has 1 radical (unpaired) electrons. The molecule has 1 N–H and O–H groups in total. The monoisotopic (exact) mass is 197 g/mol. The minimum Gasteiger partial charge on any atom is -0.322 e. The van der Waals surface area contributed by atoms with E-state index in [9.17, 15) is 4.79 Å². The highest BCUT2D eigenvalue weighted by Gasteiger charge is 2.03. The number of aromatic nitrogens is 1. The van der Waals surface area contributed by atoms with E-state index >= 15 is 0 Å². The van der Waals surface area contributed by atoms with Crippen molar-refractivity contribution >= 4 is 11.6 Å². The molecule has 1 aromatic heterocycles. The van der Waals surface area contributed by atoms with E-state index in [0.29, 0.717) is 5.56 Å². The number of pyridine rings is 1. The Morgan fingerprint density at radius 1 is 1.13 bits per heavy atom. The topological polar surface area (TPSA) is 42.0 Å². The maximum absolute atomic E-state index is 11.7. The third kappa shape index (κ3) is 2.40. The van der Waals surface area contributed by atoms with Gasteiger partial charge >= 0.3 is 0 Å². The molecule has 0 atom stereocenters. The Balaban J connectivity index is 2.12. The van der Waals surface area contributed by atoms with Crippen molar-refractivity contribution in [2.45, 2.75) is 0 Å². The van der Waals surface area contributed by atoms with Crippen LogP contribution in [0.5, 0.6) is 0 Å². The first-order valence-electron chi connectivity index (χ1n) is 4.54. The van der Waals surface area contributed by atoms with Crippen LogP contribution >= 0.6 is 0 Å². The largest absolute Gasteiger partial charge is 0.322 e. The van der Waals surface area contributed by atoms with E-state index in [4.69, 9.17) is 0 Å². The minimum absolute atomic E-state index is 0.136. The fourth-order valence-electron chi connectivity index (χ4n) is 1.18. The van der Waals surface area contributed by atoms with Gasteiger partial charge in [-0.3, -0.25) is 9.78 Å². The van der Waals surface area contributed by atoms with Gasteiger partial charge in [0.2, 0.25) is 0 Å². The molecule has 0 saturated heterocycles. The van der Waals surface area contributed by atoms with Gasteiger partial charge in [0.25, 0.3) is 5.91 Å². The Kier molecular flexibility index (Phi) is 2.74. The normalized spacial score (nSPS) is 9.60. The zero-order chi connectivity index (χ0) is 10.5. The van der Waals surface area contributed by atoms with Crippen molar-refractivity contribution in [2.75, 3.05) is 5.32 Å². The van der Waals surface area contributed by atoms with E-state index < -0.39 is 0 Å². The lowest BCUT2D eigenvalue weighted by Gasteiger charge is -2.03. The lowest BCUT2D eigenvalue weighted by molar-refractivity contribution is 0.102. The van der Waals surface area contributed by atoms with Crippen LogP contribution in [-0.2, 0) is 0 Å². The number of anilines is 1. The summed E-state index contributed by atoms with van der Waals surface area (Å²) in [5, 5.41) is 2.77. The summed E-state index contributed by atoms with van der Waals surface area (Å²) >= 11 is 0. The van der Waals surface area contributed by atoms with Crippen molar-refractivity contribution in [2.24, 2.45) is 0 Å². The third-order valence-corrected chi connectivity index (χ3v) is 1.92. The lowest BCUT2D eigenvalue weighted by atomic mass is 10.2. The zero-order valence-corrected chi connectivity index (χ0v) is 7.97. The molecule has 1 aromatic carbocycles. The second kappa shape index (κ2) is 4.37. The number of hydrogen-bond acceptors (Lipinski definition) is 2. The Morgan fingerprint density at radius 3 is 2.47 bits per heavy atom. The van der Waals surface area contributed by atoms with Gasteiger partial charge in [-0.25, -0.2) is 0 Å². The molecule has 3 heteroatoms. The van der Waals surface area contributed by atoms with Crippen LogP contribution in [0, 0.1) is 6.07 Å². The number of amides is 1. The average molecular weight is 197 g/mol. The van der Waals surface area contributed by atoms with Crippen molar-refractivity contribution in [3.8, 4) is 0 Å². The highest BCUT2D eigenvalue weighted by atomic mass is 16.1. The molecule has 0 saturated carbocycles. The summed E-state index contributed by atoms with van der Waals surface area (Å²) in [6.07, 6.45) is 3.18. The summed E-state index contributed by atoms with van der Waals surface area (Å²) < 4.78 is 0. The molecule has 0 aliphatic heterocycles. The number of benzene rings is 1. The number of carbonyl (C=O) groups excluding carboxylic acids is 1. The lowest BCUT2D eigenvalue weighted by Crippen LogP contribution is -2.11. The molecular formula is C12H9N2O. The minimum atomic E-state index is -0.136. The van der Waals surface area contributed by atoms with E-state index in [1.165, 1.54) is 0 Å². The van der Waals surface area contributed by atoms with E-state index in [-0.39, 0.29) is 5.91 Å². The first-order valence-corrected chi connectivity index (χ1v) is 4.54. The van der Waals surface area contributed by atoms with Gasteiger partial charge in [0.15, 0.2) is 0 Å². The fourth-order valence-corrected chi connectivity index (χ4v) is 1.18. The first kappa shape index (κ1) is 9.40. The van der Waals surface area contributed by atoms with Gasteiger partial charge in [0.05, 0.1) is 0 Å². The van der Waals surface area contributed by atoms with E-state index in [1.54, 1.807) is 48.8 Å². The van der Waals surface area contributed by atoms with Gasteiger partial charge in [0, 0.05) is 23.6 Å². The summed E-state index contributed by atoms with van der Waals surface area (Å²) in [7, 11) is 0. The van der Waals surface area contributed by atoms with Crippen molar-refractivity contribution in [3.05, 3.63) is 60.4 Å². The zero-order valence-electron chi connectivity index (χ0n) is 7.97.